The van der Waals surface area contributed by atoms with Crippen LogP contribution in [0.5, 0.6) is 11.5 Å². The van der Waals surface area contributed by atoms with Gasteiger partial charge in [-0.25, -0.2) is 19.9 Å². The van der Waals surface area contributed by atoms with Crippen molar-refractivity contribution in [2.75, 3.05) is 0 Å². The first-order valence-corrected chi connectivity index (χ1v) is 18.0. The van der Waals surface area contributed by atoms with Crippen LogP contribution in [-0.2, 0) is 22.4 Å². The third-order valence-corrected chi connectivity index (χ3v) is 8.21. The van der Waals surface area contributed by atoms with Crippen molar-refractivity contribution < 1.29 is 19.1 Å². The van der Waals surface area contributed by atoms with Gasteiger partial charge in [-0.3, -0.25) is 9.59 Å². The number of hydrogen-bond acceptors (Lipinski definition) is 8. The largest absolute Gasteiger partial charge is 0.426 e. The summed E-state index contributed by atoms with van der Waals surface area (Å²) in [5.41, 5.74) is 4.17. The van der Waals surface area contributed by atoms with Gasteiger partial charge in [0, 0.05) is 35.9 Å². The molecule has 0 spiro atoms. The summed E-state index contributed by atoms with van der Waals surface area (Å²) in [7, 11) is 0. The van der Waals surface area contributed by atoms with E-state index >= 15 is 0 Å². The summed E-state index contributed by atoms with van der Waals surface area (Å²) in [5.74, 6) is 1.99. The second kappa shape index (κ2) is 21.5. The highest BCUT2D eigenvalue weighted by Gasteiger charge is 2.15. The molecule has 2 aromatic heterocycles. The summed E-state index contributed by atoms with van der Waals surface area (Å²) < 4.78 is 10.8. The van der Waals surface area contributed by atoms with E-state index in [0.29, 0.717) is 23.1 Å². The molecule has 0 amide bonds. The van der Waals surface area contributed by atoms with E-state index in [1.807, 2.05) is 62.9 Å². The maximum absolute atomic E-state index is 12.0. The van der Waals surface area contributed by atoms with Crippen LogP contribution in [0.2, 0.25) is 0 Å². The smallest absolute Gasteiger partial charge is 0.314 e. The fourth-order valence-electron chi connectivity index (χ4n) is 5.11. The molecule has 8 nitrogen and oxygen atoms in total. The van der Waals surface area contributed by atoms with E-state index in [2.05, 4.69) is 47.6 Å². The molecule has 0 aliphatic carbocycles. The summed E-state index contributed by atoms with van der Waals surface area (Å²) in [6, 6.07) is 14.7. The van der Waals surface area contributed by atoms with E-state index in [9.17, 15) is 9.59 Å². The lowest BCUT2D eigenvalue weighted by molar-refractivity contribution is -0.139. The third kappa shape index (κ3) is 13.5. The first-order chi connectivity index (χ1) is 23.8. The number of hydrogen-bond donors (Lipinski definition) is 0. The Hall–Kier alpha value is -4.46. The molecule has 49 heavy (non-hydrogen) atoms. The van der Waals surface area contributed by atoms with Crippen molar-refractivity contribution in [3.63, 3.8) is 0 Å². The third-order valence-electron chi connectivity index (χ3n) is 8.21. The van der Waals surface area contributed by atoms with Crippen molar-refractivity contribution in [3.8, 4) is 34.3 Å². The Morgan fingerprint density at radius 3 is 1.24 bits per heavy atom. The lowest BCUT2D eigenvalue weighted by atomic mass is 10.1. The number of unbranched alkanes of at least 4 members (excludes halogenated alkanes) is 3. The number of aromatic nitrogens is 4. The monoisotopic (exact) mass is 666 g/mol. The molecule has 2 atom stereocenters. The first-order valence-electron chi connectivity index (χ1n) is 18.0. The molecule has 2 heterocycles. The van der Waals surface area contributed by atoms with Gasteiger partial charge in [0.05, 0.1) is 11.8 Å². The Morgan fingerprint density at radius 2 is 0.898 bits per heavy atom. The number of rotatable bonds is 17. The molecule has 262 valence electrons. The molecule has 4 aromatic rings. The number of carbonyl (C=O) groups excluding carboxylic acids is 2. The zero-order valence-electron chi connectivity index (χ0n) is 30.3. The molecule has 2 unspecified atom stereocenters. The molecule has 0 radical (unpaired) electrons. The van der Waals surface area contributed by atoms with Crippen LogP contribution < -0.4 is 9.47 Å². The molecule has 0 aliphatic rings. The number of nitrogens with zero attached hydrogens (tertiary/aromatic N) is 4. The summed E-state index contributed by atoms with van der Waals surface area (Å²) in [6.45, 7) is 12.3. The van der Waals surface area contributed by atoms with E-state index in [0.717, 1.165) is 61.6 Å². The maximum Gasteiger partial charge on any atom is 0.314 e. The SMILES string of the molecule is CCCCCc1cnc(-c2ccc(OC(=O)C(C)CCC)cc2)nc1.CCCCc1cnc(-c2ccc(OC(=O)C(C)CCC)cc2)nc1. The lowest BCUT2D eigenvalue weighted by Crippen LogP contribution is -2.17. The van der Waals surface area contributed by atoms with Crippen LogP contribution in [0.15, 0.2) is 73.3 Å². The number of esters is 2. The summed E-state index contributed by atoms with van der Waals surface area (Å²) >= 11 is 0. The van der Waals surface area contributed by atoms with E-state index in [1.54, 1.807) is 24.3 Å². The molecule has 0 fully saturated rings. The van der Waals surface area contributed by atoms with Gasteiger partial charge in [0.1, 0.15) is 11.5 Å². The molecular formula is C41H54N4O4. The zero-order chi connectivity index (χ0) is 35.4. The molecular weight excluding hydrogens is 612 g/mol. The number of aryl methyl sites for hydroxylation is 2. The topological polar surface area (TPSA) is 104 Å². The van der Waals surface area contributed by atoms with Crippen LogP contribution in [0.25, 0.3) is 22.8 Å². The Bertz CT molecular complexity index is 1520. The van der Waals surface area contributed by atoms with Gasteiger partial charge < -0.3 is 9.47 Å². The van der Waals surface area contributed by atoms with Crippen LogP contribution in [0.4, 0.5) is 0 Å². The van der Waals surface area contributed by atoms with Gasteiger partial charge in [-0.2, -0.15) is 0 Å². The predicted molar refractivity (Wildman–Crippen MR) is 196 cm³/mol. The Balaban J connectivity index is 0.000000266. The van der Waals surface area contributed by atoms with Gasteiger partial charge >= 0.3 is 11.9 Å². The predicted octanol–water partition coefficient (Wildman–Crippen LogP) is 10.0. The quantitative estimate of drug-likeness (QED) is 0.0623. The molecule has 4 rings (SSSR count). The van der Waals surface area contributed by atoms with Crippen LogP contribution in [0.3, 0.4) is 0 Å². The normalized spacial score (nSPS) is 12.0. The first kappa shape index (κ1) is 39.0. The van der Waals surface area contributed by atoms with E-state index < -0.39 is 0 Å². The van der Waals surface area contributed by atoms with Crippen LogP contribution >= 0.6 is 0 Å². The van der Waals surface area contributed by atoms with Gasteiger partial charge in [0.25, 0.3) is 0 Å². The molecule has 2 aromatic carbocycles. The number of benzene rings is 2. The highest BCUT2D eigenvalue weighted by molar-refractivity contribution is 5.75. The molecule has 8 heteroatoms. The lowest BCUT2D eigenvalue weighted by Gasteiger charge is -2.10. The van der Waals surface area contributed by atoms with E-state index in [-0.39, 0.29) is 23.8 Å². The van der Waals surface area contributed by atoms with Gasteiger partial charge in [-0.1, -0.05) is 73.6 Å². The number of carbonyl (C=O) groups is 2. The van der Waals surface area contributed by atoms with E-state index in [1.165, 1.54) is 31.2 Å². The zero-order valence-corrected chi connectivity index (χ0v) is 30.3. The van der Waals surface area contributed by atoms with Crippen molar-refractivity contribution in [1.82, 2.24) is 19.9 Å². The fraction of sp³-hybridized carbons (Fsp3) is 0.463. The minimum atomic E-state index is -0.180. The fourth-order valence-corrected chi connectivity index (χ4v) is 5.11. The standard InChI is InChI=1S/C21H28N2O2.C20H26N2O2/c1-4-6-7-9-17-14-22-20(23-15-17)18-10-12-19(13-11-18)25-21(24)16(3)8-5-2;1-4-6-8-16-13-21-19(22-14-16)17-9-11-18(12-10-17)24-20(23)15(3)7-5-2/h10-16H,4-9H2,1-3H3;9-15H,4-8H2,1-3H3. The van der Waals surface area contributed by atoms with E-state index in [4.69, 9.17) is 9.47 Å². The van der Waals surface area contributed by atoms with Crippen molar-refractivity contribution in [3.05, 3.63) is 84.4 Å². The highest BCUT2D eigenvalue weighted by atomic mass is 16.5. The minimum absolute atomic E-state index is 0.0753. The second-order valence-electron chi connectivity index (χ2n) is 12.7. The summed E-state index contributed by atoms with van der Waals surface area (Å²) in [6.07, 6.45) is 19.2. The van der Waals surface area contributed by atoms with Gasteiger partial charge in [-0.15, -0.1) is 0 Å². The average Bonchev–Trinajstić information content (AvgIpc) is 3.12. The Kier molecular flexibility index (Phi) is 17.1. The Labute approximate surface area is 293 Å². The molecule has 0 saturated heterocycles. The van der Waals surface area contributed by atoms with Gasteiger partial charge in [0.15, 0.2) is 11.6 Å². The maximum atomic E-state index is 12.0. The summed E-state index contributed by atoms with van der Waals surface area (Å²) in [5, 5.41) is 0. The van der Waals surface area contributed by atoms with Crippen LogP contribution in [0.1, 0.15) is 110 Å². The highest BCUT2D eigenvalue weighted by Crippen LogP contribution is 2.22. The van der Waals surface area contributed by atoms with Crippen LogP contribution in [-0.4, -0.2) is 31.9 Å². The molecule has 0 aliphatic heterocycles. The molecule has 0 bridgehead atoms. The van der Waals surface area contributed by atoms with Crippen LogP contribution in [0, 0.1) is 11.8 Å². The minimum Gasteiger partial charge on any atom is -0.426 e. The number of ether oxygens (including phenoxy) is 2. The molecule has 0 saturated carbocycles. The van der Waals surface area contributed by atoms with Crippen molar-refractivity contribution in [2.24, 2.45) is 11.8 Å². The summed E-state index contributed by atoms with van der Waals surface area (Å²) in [4.78, 5) is 41.6. The van der Waals surface area contributed by atoms with Crippen molar-refractivity contribution in [2.45, 2.75) is 112 Å². The second-order valence-corrected chi connectivity index (χ2v) is 12.7. The van der Waals surface area contributed by atoms with Crippen molar-refractivity contribution in [1.29, 1.82) is 0 Å². The average molecular weight is 667 g/mol. The van der Waals surface area contributed by atoms with Crippen molar-refractivity contribution >= 4 is 11.9 Å². The molecule has 0 N–H and O–H groups in total. The Morgan fingerprint density at radius 1 is 0.531 bits per heavy atom. The van der Waals surface area contributed by atoms with Gasteiger partial charge in [-0.05, 0) is 98.2 Å². The van der Waals surface area contributed by atoms with Gasteiger partial charge in [0.2, 0.25) is 0 Å².